The largest absolute Gasteiger partial charge is 0.478 e. The highest BCUT2D eigenvalue weighted by Crippen LogP contribution is 2.14. The molecular formula is C11H10FN3O2. The van der Waals surface area contributed by atoms with E-state index in [1.165, 1.54) is 24.3 Å². The van der Waals surface area contributed by atoms with Gasteiger partial charge in [-0.1, -0.05) is 29.4 Å². The van der Waals surface area contributed by atoms with Crippen LogP contribution in [0.2, 0.25) is 0 Å². The summed E-state index contributed by atoms with van der Waals surface area (Å²) in [6, 6.07) is 4.15. The molecule has 0 bridgehead atoms. The Balaban J connectivity index is 2.81. The molecule has 0 fully saturated rings. The van der Waals surface area contributed by atoms with Crippen LogP contribution in [0, 0.1) is 5.82 Å². The topological polar surface area (TPSA) is 86.1 Å². The Morgan fingerprint density at radius 3 is 3.00 bits per heavy atom. The van der Waals surface area contributed by atoms with E-state index in [1.54, 1.807) is 6.08 Å². The van der Waals surface area contributed by atoms with Crippen molar-refractivity contribution in [2.24, 2.45) is 5.11 Å². The molecule has 5 nitrogen and oxygen atoms in total. The summed E-state index contributed by atoms with van der Waals surface area (Å²) < 4.78 is 13.6. The van der Waals surface area contributed by atoms with Crippen molar-refractivity contribution in [3.8, 4) is 0 Å². The Kier molecular flexibility index (Phi) is 4.72. The maximum absolute atomic E-state index is 13.6. The summed E-state index contributed by atoms with van der Waals surface area (Å²) in [5.74, 6) is -2.06. The minimum Gasteiger partial charge on any atom is -0.478 e. The highest BCUT2D eigenvalue weighted by molar-refractivity contribution is 5.88. The molecule has 0 unspecified atom stereocenters. The number of carboxylic acid groups (broad SMARTS) is 1. The second-order valence-corrected chi connectivity index (χ2v) is 3.16. The van der Waals surface area contributed by atoms with E-state index >= 15 is 0 Å². The van der Waals surface area contributed by atoms with Gasteiger partial charge < -0.3 is 5.11 Å². The van der Waals surface area contributed by atoms with Crippen molar-refractivity contribution in [3.63, 3.8) is 0 Å². The lowest BCUT2D eigenvalue weighted by Crippen LogP contribution is -2.01. The maximum Gasteiger partial charge on any atom is 0.338 e. The number of azide groups is 1. The van der Waals surface area contributed by atoms with Gasteiger partial charge >= 0.3 is 5.97 Å². The van der Waals surface area contributed by atoms with E-state index in [-0.39, 0.29) is 17.7 Å². The first-order valence-electron chi connectivity index (χ1n) is 4.86. The zero-order valence-electron chi connectivity index (χ0n) is 8.88. The number of carbonyl (C=O) groups is 1. The Hall–Kier alpha value is -2.33. The number of nitrogens with zero attached hydrogens (tertiary/aromatic N) is 3. The molecule has 1 aromatic carbocycles. The normalized spacial score (nSPS) is 10.2. The summed E-state index contributed by atoms with van der Waals surface area (Å²) in [5.41, 5.74) is 7.87. The number of hydrogen-bond acceptors (Lipinski definition) is 2. The minimum atomic E-state index is -1.30. The number of aromatic carboxylic acids is 1. The molecule has 0 aliphatic rings. The summed E-state index contributed by atoms with van der Waals surface area (Å²) in [7, 11) is 0. The summed E-state index contributed by atoms with van der Waals surface area (Å²) in [5, 5.41) is 12.0. The smallest absolute Gasteiger partial charge is 0.338 e. The number of carboxylic acids is 1. The van der Waals surface area contributed by atoms with E-state index in [4.69, 9.17) is 10.6 Å². The molecule has 6 heteroatoms. The fraction of sp³-hybridized carbons (Fsp3) is 0.182. The highest BCUT2D eigenvalue weighted by atomic mass is 19.1. The molecule has 0 amide bonds. The highest BCUT2D eigenvalue weighted by Gasteiger charge is 2.11. The number of hydrogen-bond donors (Lipinski definition) is 1. The summed E-state index contributed by atoms with van der Waals surface area (Å²) >= 11 is 0. The van der Waals surface area contributed by atoms with Gasteiger partial charge in [-0.05, 0) is 18.0 Å². The second-order valence-electron chi connectivity index (χ2n) is 3.16. The predicted octanol–water partition coefficient (Wildman–Crippen LogP) is 3.24. The van der Waals surface area contributed by atoms with Gasteiger partial charge in [-0.2, -0.15) is 0 Å². The van der Waals surface area contributed by atoms with Gasteiger partial charge in [-0.3, -0.25) is 0 Å². The molecular weight excluding hydrogens is 225 g/mol. The Morgan fingerprint density at radius 2 is 2.35 bits per heavy atom. The van der Waals surface area contributed by atoms with Gasteiger partial charge in [0.1, 0.15) is 5.82 Å². The van der Waals surface area contributed by atoms with Gasteiger partial charge in [0.25, 0.3) is 0 Å². The molecule has 1 aromatic rings. The molecule has 1 N–H and O–H groups in total. The fourth-order valence-corrected chi connectivity index (χ4v) is 1.23. The van der Waals surface area contributed by atoms with Gasteiger partial charge in [0.05, 0.1) is 5.56 Å². The van der Waals surface area contributed by atoms with Crippen LogP contribution in [0.1, 0.15) is 22.3 Å². The van der Waals surface area contributed by atoms with Crippen LogP contribution in [0.3, 0.4) is 0 Å². The second kappa shape index (κ2) is 6.30. The Labute approximate surface area is 96.8 Å². The van der Waals surface area contributed by atoms with E-state index in [0.717, 1.165) is 0 Å². The zero-order chi connectivity index (χ0) is 12.7. The van der Waals surface area contributed by atoms with Crippen molar-refractivity contribution in [2.45, 2.75) is 6.42 Å². The molecule has 0 atom stereocenters. The Morgan fingerprint density at radius 1 is 1.59 bits per heavy atom. The zero-order valence-corrected chi connectivity index (χ0v) is 8.88. The molecule has 0 spiro atoms. The van der Waals surface area contributed by atoms with E-state index in [1.807, 2.05) is 0 Å². The molecule has 0 saturated carbocycles. The quantitative estimate of drug-likeness (QED) is 0.367. The van der Waals surface area contributed by atoms with Crippen LogP contribution in [-0.2, 0) is 0 Å². The van der Waals surface area contributed by atoms with Crippen molar-refractivity contribution in [2.75, 3.05) is 6.54 Å². The molecule has 17 heavy (non-hydrogen) atoms. The summed E-state index contributed by atoms with van der Waals surface area (Å²) in [4.78, 5) is 13.2. The average molecular weight is 235 g/mol. The number of benzene rings is 1. The summed E-state index contributed by atoms with van der Waals surface area (Å²) in [6.45, 7) is 0.285. The molecule has 88 valence electrons. The fourth-order valence-electron chi connectivity index (χ4n) is 1.23. The maximum atomic E-state index is 13.6. The molecule has 1 rings (SSSR count). The van der Waals surface area contributed by atoms with Gasteiger partial charge in [0, 0.05) is 17.0 Å². The monoisotopic (exact) mass is 235 g/mol. The van der Waals surface area contributed by atoms with Gasteiger partial charge in [0.15, 0.2) is 0 Å². The van der Waals surface area contributed by atoms with Crippen LogP contribution >= 0.6 is 0 Å². The van der Waals surface area contributed by atoms with Crippen molar-refractivity contribution in [3.05, 3.63) is 51.7 Å². The third-order valence-electron chi connectivity index (χ3n) is 2.02. The SMILES string of the molecule is [N-]=[N+]=NCCC=Cc1cccc(C(=O)O)c1F. The third-order valence-corrected chi connectivity index (χ3v) is 2.02. The van der Waals surface area contributed by atoms with Crippen molar-refractivity contribution in [1.29, 1.82) is 0 Å². The van der Waals surface area contributed by atoms with Gasteiger partial charge in [-0.15, -0.1) is 0 Å². The number of halogens is 1. The number of rotatable bonds is 5. The standard InChI is InChI=1S/C11H10FN3O2/c12-10-8(4-1-2-7-14-15-13)5-3-6-9(10)11(16)17/h1,3-6H,2,7H2,(H,16,17). The van der Waals surface area contributed by atoms with Crippen molar-refractivity contribution >= 4 is 12.0 Å². The van der Waals surface area contributed by atoms with E-state index in [2.05, 4.69) is 10.0 Å². The van der Waals surface area contributed by atoms with Crippen LogP contribution in [0.15, 0.2) is 29.4 Å². The van der Waals surface area contributed by atoms with Crippen LogP contribution in [0.4, 0.5) is 4.39 Å². The molecule has 0 aliphatic carbocycles. The van der Waals surface area contributed by atoms with Crippen LogP contribution in [0.5, 0.6) is 0 Å². The lowest BCUT2D eigenvalue weighted by molar-refractivity contribution is 0.0692. The molecule has 0 aromatic heterocycles. The average Bonchev–Trinajstić information content (AvgIpc) is 2.30. The molecule has 0 radical (unpaired) electrons. The van der Waals surface area contributed by atoms with Crippen molar-refractivity contribution in [1.82, 2.24) is 0 Å². The first kappa shape index (κ1) is 12.7. The molecule has 0 aliphatic heterocycles. The van der Waals surface area contributed by atoms with Crippen LogP contribution < -0.4 is 0 Å². The lowest BCUT2D eigenvalue weighted by atomic mass is 10.1. The first-order chi connectivity index (χ1) is 8.16. The summed E-state index contributed by atoms with van der Waals surface area (Å²) in [6.07, 6.45) is 3.56. The van der Waals surface area contributed by atoms with Gasteiger partial charge in [0.2, 0.25) is 0 Å². The van der Waals surface area contributed by atoms with E-state index in [0.29, 0.717) is 6.42 Å². The third kappa shape index (κ3) is 3.62. The minimum absolute atomic E-state index is 0.200. The van der Waals surface area contributed by atoms with Crippen molar-refractivity contribution < 1.29 is 14.3 Å². The lowest BCUT2D eigenvalue weighted by Gasteiger charge is -2.00. The van der Waals surface area contributed by atoms with Crippen LogP contribution in [-0.4, -0.2) is 17.6 Å². The first-order valence-corrected chi connectivity index (χ1v) is 4.86. The van der Waals surface area contributed by atoms with Gasteiger partial charge in [-0.25, -0.2) is 9.18 Å². The Bertz CT molecular complexity index is 493. The predicted molar refractivity (Wildman–Crippen MR) is 61.0 cm³/mol. The van der Waals surface area contributed by atoms with Crippen LogP contribution in [0.25, 0.3) is 16.5 Å². The van der Waals surface area contributed by atoms with E-state index < -0.39 is 11.8 Å². The van der Waals surface area contributed by atoms with E-state index in [9.17, 15) is 9.18 Å². The molecule has 0 heterocycles. The molecule has 0 saturated heterocycles.